The van der Waals surface area contributed by atoms with Crippen molar-refractivity contribution in [2.24, 2.45) is 0 Å². The zero-order valence-corrected chi connectivity index (χ0v) is 16.1. The zero-order valence-electron chi connectivity index (χ0n) is 15.3. The molecule has 2 aromatic rings. The van der Waals surface area contributed by atoms with Crippen molar-refractivity contribution in [2.75, 3.05) is 6.54 Å². The second kappa shape index (κ2) is 7.21. The van der Waals surface area contributed by atoms with Crippen LogP contribution in [0.5, 0.6) is 0 Å². The van der Waals surface area contributed by atoms with Crippen LogP contribution in [0.1, 0.15) is 29.2 Å². The molecule has 3 rings (SSSR count). The summed E-state index contributed by atoms with van der Waals surface area (Å²) in [6.45, 7) is 6.40. The molecule has 0 bridgehead atoms. The summed E-state index contributed by atoms with van der Waals surface area (Å²) in [4.78, 5) is 14.7. The van der Waals surface area contributed by atoms with E-state index in [4.69, 9.17) is 0 Å². The van der Waals surface area contributed by atoms with Gasteiger partial charge in [-0.15, -0.1) is 0 Å². The van der Waals surface area contributed by atoms with Crippen molar-refractivity contribution in [1.29, 1.82) is 0 Å². The fourth-order valence-electron chi connectivity index (χ4n) is 3.41. The van der Waals surface area contributed by atoms with E-state index in [9.17, 15) is 13.2 Å². The number of sulfonamides is 1. The molecule has 0 aliphatic carbocycles. The van der Waals surface area contributed by atoms with Gasteiger partial charge in [0.1, 0.15) is 0 Å². The van der Waals surface area contributed by atoms with Crippen LogP contribution < -0.4 is 4.72 Å². The molecule has 26 heavy (non-hydrogen) atoms. The maximum absolute atomic E-state index is 12.8. The molecule has 6 heteroatoms. The van der Waals surface area contributed by atoms with Crippen LogP contribution in [0.4, 0.5) is 0 Å². The predicted molar refractivity (Wildman–Crippen MR) is 101 cm³/mol. The summed E-state index contributed by atoms with van der Waals surface area (Å²) in [5, 5.41) is 0. The van der Waals surface area contributed by atoms with E-state index < -0.39 is 16.1 Å². The van der Waals surface area contributed by atoms with Crippen molar-refractivity contribution in [3.63, 3.8) is 0 Å². The minimum Gasteiger partial charge on any atom is -0.337 e. The molecule has 5 nitrogen and oxygen atoms in total. The van der Waals surface area contributed by atoms with Crippen LogP contribution in [-0.4, -0.2) is 31.8 Å². The quantitative estimate of drug-likeness (QED) is 0.897. The van der Waals surface area contributed by atoms with Crippen LogP contribution in [0.2, 0.25) is 0 Å². The lowest BCUT2D eigenvalue weighted by Gasteiger charge is -2.31. The van der Waals surface area contributed by atoms with E-state index in [0.29, 0.717) is 18.7 Å². The van der Waals surface area contributed by atoms with Gasteiger partial charge < -0.3 is 4.90 Å². The average molecular weight is 372 g/mol. The van der Waals surface area contributed by atoms with Gasteiger partial charge in [0.2, 0.25) is 15.9 Å². The normalized spacial score (nSPS) is 15.4. The molecule has 1 heterocycles. The minimum atomic E-state index is -3.75. The molecule has 1 aliphatic rings. The smallest absolute Gasteiger partial charge is 0.241 e. The number of aryl methyl sites for hydroxylation is 2. The van der Waals surface area contributed by atoms with Gasteiger partial charge in [-0.3, -0.25) is 4.79 Å². The van der Waals surface area contributed by atoms with Crippen LogP contribution in [0.15, 0.2) is 47.4 Å². The Morgan fingerprint density at radius 2 is 1.81 bits per heavy atom. The van der Waals surface area contributed by atoms with E-state index in [1.807, 2.05) is 31.2 Å². The summed E-state index contributed by atoms with van der Waals surface area (Å²) >= 11 is 0. The maximum atomic E-state index is 12.8. The Morgan fingerprint density at radius 1 is 1.12 bits per heavy atom. The SMILES string of the molecule is Cc1ccc(S(=O)(=O)N[C@@H](C)C(=O)N2CCc3ccccc3C2)c(C)c1. The molecule has 1 atom stereocenters. The Labute approximate surface area is 155 Å². The predicted octanol–water partition coefficient (Wildman–Crippen LogP) is 2.56. The second-order valence-corrected chi connectivity index (χ2v) is 8.57. The number of amides is 1. The van der Waals surface area contributed by atoms with E-state index >= 15 is 0 Å². The van der Waals surface area contributed by atoms with E-state index in [-0.39, 0.29) is 10.8 Å². The zero-order chi connectivity index (χ0) is 18.9. The van der Waals surface area contributed by atoms with Crippen molar-refractivity contribution in [1.82, 2.24) is 9.62 Å². The first-order chi connectivity index (χ1) is 12.3. The summed E-state index contributed by atoms with van der Waals surface area (Å²) in [6.07, 6.45) is 0.790. The van der Waals surface area contributed by atoms with Gasteiger partial charge in [0.25, 0.3) is 0 Å². The third kappa shape index (κ3) is 3.81. The topological polar surface area (TPSA) is 66.5 Å². The molecule has 1 N–H and O–H groups in total. The molecule has 2 aromatic carbocycles. The second-order valence-electron chi connectivity index (χ2n) is 6.89. The van der Waals surface area contributed by atoms with Crippen molar-refractivity contribution >= 4 is 15.9 Å². The molecular weight excluding hydrogens is 348 g/mol. The van der Waals surface area contributed by atoms with Crippen molar-refractivity contribution in [2.45, 2.75) is 44.7 Å². The summed E-state index contributed by atoms with van der Waals surface area (Å²) in [5.41, 5.74) is 4.04. The molecule has 138 valence electrons. The van der Waals surface area contributed by atoms with Crippen molar-refractivity contribution in [3.8, 4) is 0 Å². The number of hydrogen-bond donors (Lipinski definition) is 1. The van der Waals surface area contributed by atoms with Gasteiger partial charge in [-0.25, -0.2) is 8.42 Å². The summed E-state index contributed by atoms with van der Waals surface area (Å²) in [7, 11) is -3.75. The van der Waals surface area contributed by atoms with Crippen LogP contribution in [0.3, 0.4) is 0 Å². The number of carbonyl (C=O) groups is 1. The highest BCUT2D eigenvalue weighted by atomic mass is 32.2. The van der Waals surface area contributed by atoms with Gasteiger partial charge >= 0.3 is 0 Å². The van der Waals surface area contributed by atoms with E-state index in [0.717, 1.165) is 17.5 Å². The summed E-state index contributed by atoms with van der Waals surface area (Å²) < 4.78 is 27.9. The first kappa shape index (κ1) is 18.6. The van der Waals surface area contributed by atoms with Crippen LogP contribution in [0.25, 0.3) is 0 Å². The number of fused-ring (bicyclic) bond motifs is 1. The Morgan fingerprint density at radius 3 is 2.50 bits per heavy atom. The van der Waals surface area contributed by atoms with Gasteiger partial charge in [-0.2, -0.15) is 4.72 Å². The lowest BCUT2D eigenvalue weighted by Crippen LogP contribution is -2.48. The number of hydrogen-bond acceptors (Lipinski definition) is 3. The molecule has 1 aliphatic heterocycles. The van der Waals surface area contributed by atoms with Gasteiger partial charge in [0.05, 0.1) is 10.9 Å². The van der Waals surface area contributed by atoms with Crippen LogP contribution >= 0.6 is 0 Å². The van der Waals surface area contributed by atoms with Gasteiger partial charge in [0.15, 0.2) is 0 Å². The van der Waals surface area contributed by atoms with E-state index in [1.54, 1.807) is 30.9 Å². The van der Waals surface area contributed by atoms with Crippen LogP contribution in [-0.2, 0) is 27.8 Å². The lowest BCUT2D eigenvalue weighted by molar-refractivity contribution is -0.133. The highest BCUT2D eigenvalue weighted by molar-refractivity contribution is 7.89. The highest BCUT2D eigenvalue weighted by Crippen LogP contribution is 2.20. The van der Waals surface area contributed by atoms with Crippen LogP contribution in [0, 0.1) is 13.8 Å². The number of rotatable bonds is 4. The molecule has 0 unspecified atom stereocenters. The number of benzene rings is 2. The Kier molecular flexibility index (Phi) is 5.16. The van der Waals surface area contributed by atoms with Gasteiger partial charge in [0, 0.05) is 13.1 Å². The largest absolute Gasteiger partial charge is 0.337 e. The van der Waals surface area contributed by atoms with Gasteiger partial charge in [-0.05, 0) is 49.9 Å². The third-order valence-electron chi connectivity index (χ3n) is 4.76. The Balaban J connectivity index is 1.73. The molecule has 0 spiro atoms. The van der Waals surface area contributed by atoms with E-state index in [1.165, 1.54) is 5.56 Å². The van der Waals surface area contributed by atoms with Crippen molar-refractivity contribution in [3.05, 3.63) is 64.7 Å². The molecule has 0 saturated carbocycles. The van der Waals surface area contributed by atoms with Crippen molar-refractivity contribution < 1.29 is 13.2 Å². The fraction of sp³-hybridized carbons (Fsp3) is 0.350. The molecule has 0 saturated heterocycles. The van der Waals surface area contributed by atoms with Gasteiger partial charge in [-0.1, -0.05) is 42.0 Å². The highest BCUT2D eigenvalue weighted by Gasteiger charge is 2.28. The number of nitrogens with zero attached hydrogens (tertiary/aromatic N) is 1. The molecule has 0 fully saturated rings. The van der Waals surface area contributed by atoms with E-state index in [2.05, 4.69) is 10.8 Å². The third-order valence-corrected chi connectivity index (χ3v) is 6.47. The number of nitrogens with one attached hydrogen (secondary N) is 1. The monoisotopic (exact) mass is 372 g/mol. The molecule has 0 radical (unpaired) electrons. The number of carbonyl (C=O) groups excluding carboxylic acids is 1. The lowest BCUT2D eigenvalue weighted by atomic mass is 9.99. The summed E-state index contributed by atoms with van der Waals surface area (Å²) in [6, 6.07) is 12.4. The summed E-state index contributed by atoms with van der Waals surface area (Å²) in [5.74, 6) is -0.201. The molecule has 0 aromatic heterocycles. The maximum Gasteiger partial charge on any atom is 0.241 e. The Bertz CT molecular complexity index is 938. The average Bonchev–Trinajstić information content (AvgIpc) is 2.59. The Hall–Kier alpha value is -2.18. The minimum absolute atomic E-state index is 0.201. The molecule has 1 amide bonds. The molecular formula is C20H24N2O3S. The fourth-order valence-corrected chi connectivity index (χ4v) is 4.83. The first-order valence-corrected chi connectivity index (χ1v) is 10.2. The standard InChI is InChI=1S/C20H24N2O3S/c1-14-8-9-19(15(2)12-14)26(24,25)21-16(3)20(23)22-11-10-17-6-4-5-7-18(17)13-22/h4-9,12,16,21H,10-11,13H2,1-3H3/t16-/m0/s1. The first-order valence-electron chi connectivity index (χ1n) is 8.73.